The molecule has 2 unspecified atom stereocenters. The highest BCUT2D eigenvalue weighted by atomic mass is 19.1. The SMILES string of the molecule is CC(C)CC1CNC(C)CN1Cc1cccc(F)c1. The summed E-state index contributed by atoms with van der Waals surface area (Å²) in [5.74, 6) is 0.552. The quantitative estimate of drug-likeness (QED) is 0.899. The largest absolute Gasteiger partial charge is 0.311 e. The molecule has 3 heteroatoms. The fraction of sp³-hybridized carbons (Fsp3) is 0.625. The van der Waals surface area contributed by atoms with Crippen LogP contribution in [0.4, 0.5) is 4.39 Å². The van der Waals surface area contributed by atoms with Crippen molar-refractivity contribution in [3.8, 4) is 0 Å². The molecule has 1 aromatic carbocycles. The summed E-state index contributed by atoms with van der Waals surface area (Å²) in [7, 11) is 0. The number of hydrogen-bond donors (Lipinski definition) is 1. The smallest absolute Gasteiger partial charge is 0.123 e. The van der Waals surface area contributed by atoms with E-state index < -0.39 is 0 Å². The Morgan fingerprint density at radius 1 is 1.42 bits per heavy atom. The molecule has 1 saturated heterocycles. The lowest BCUT2D eigenvalue weighted by Gasteiger charge is -2.40. The Bertz CT molecular complexity index is 405. The van der Waals surface area contributed by atoms with Crippen LogP contribution in [-0.4, -0.2) is 30.1 Å². The molecule has 0 bridgehead atoms. The van der Waals surface area contributed by atoms with Crippen molar-refractivity contribution in [2.75, 3.05) is 13.1 Å². The van der Waals surface area contributed by atoms with Gasteiger partial charge >= 0.3 is 0 Å². The van der Waals surface area contributed by atoms with Gasteiger partial charge in [0.1, 0.15) is 5.82 Å². The predicted molar refractivity (Wildman–Crippen MR) is 77.5 cm³/mol. The minimum Gasteiger partial charge on any atom is -0.311 e. The Hall–Kier alpha value is -0.930. The number of piperazine rings is 1. The van der Waals surface area contributed by atoms with Gasteiger partial charge in [-0.3, -0.25) is 4.90 Å². The number of hydrogen-bond acceptors (Lipinski definition) is 2. The maximum absolute atomic E-state index is 13.3. The lowest BCUT2D eigenvalue weighted by Crippen LogP contribution is -2.55. The van der Waals surface area contributed by atoms with E-state index in [2.05, 4.69) is 31.0 Å². The van der Waals surface area contributed by atoms with Gasteiger partial charge in [0, 0.05) is 31.7 Å². The highest BCUT2D eigenvalue weighted by Gasteiger charge is 2.26. The van der Waals surface area contributed by atoms with Gasteiger partial charge in [0.25, 0.3) is 0 Å². The van der Waals surface area contributed by atoms with E-state index in [1.54, 1.807) is 12.1 Å². The van der Waals surface area contributed by atoms with Gasteiger partial charge in [-0.05, 0) is 37.0 Å². The predicted octanol–water partition coefficient (Wildman–Crippen LogP) is 3.03. The number of nitrogens with one attached hydrogen (secondary N) is 1. The van der Waals surface area contributed by atoms with Crippen LogP contribution in [0.1, 0.15) is 32.8 Å². The van der Waals surface area contributed by atoms with E-state index in [0.29, 0.717) is 18.0 Å². The second-order valence-electron chi connectivity index (χ2n) is 6.15. The molecule has 0 aliphatic carbocycles. The van der Waals surface area contributed by atoms with Gasteiger partial charge in [0.05, 0.1) is 0 Å². The fourth-order valence-electron chi connectivity index (χ4n) is 2.87. The molecule has 0 spiro atoms. The molecule has 0 aromatic heterocycles. The first-order valence-electron chi connectivity index (χ1n) is 7.26. The normalized spacial score (nSPS) is 24.9. The number of nitrogens with zero attached hydrogens (tertiary/aromatic N) is 1. The Kier molecular flexibility index (Phi) is 4.94. The summed E-state index contributed by atoms with van der Waals surface area (Å²) in [4.78, 5) is 2.50. The van der Waals surface area contributed by atoms with Crippen LogP contribution in [0.3, 0.4) is 0 Å². The molecule has 1 aliphatic rings. The fourth-order valence-corrected chi connectivity index (χ4v) is 2.87. The molecule has 0 saturated carbocycles. The molecular weight excluding hydrogens is 239 g/mol. The Morgan fingerprint density at radius 3 is 2.89 bits per heavy atom. The van der Waals surface area contributed by atoms with Crippen LogP contribution in [0.15, 0.2) is 24.3 Å². The molecule has 1 aromatic rings. The standard InChI is InChI=1S/C16H25FN2/c1-12(2)7-16-9-18-13(3)10-19(16)11-14-5-4-6-15(17)8-14/h4-6,8,12-13,16,18H,7,9-11H2,1-3H3. The molecule has 2 atom stereocenters. The monoisotopic (exact) mass is 264 g/mol. The van der Waals surface area contributed by atoms with Gasteiger partial charge in [-0.25, -0.2) is 4.39 Å². The zero-order chi connectivity index (χ0) is 13.8. The van der Waals surface area contributed by atoms with Gasteiger partial charge in [0.15, 0.2) is 0 Å². The maximum Gasteiger partial charge on any atom is 0.123 e. The van der Waals surface area contributed by atoms with E-state index in [9.17, 15) is 4.39 Å². The van der Waals surface area contributed by atoms with E-state index in [1.807, 2.05) is 6.07 Å². The lowest BCUT2D eigenvalue weighted by atomic mass is 9.98. The van der Waals surface area contributed by atoms with E-state index in [4.69, 9.17) is 0 Å². The van der Waals surface area contributed by atoms with Crippen LogP contribution in [0.2, 0.25) is 0 Å². The third-order valence-corrected chi connectivity index (χ3v) is 3.74. The summed E-state index contributed by atoms with van der Waals surface area (Å²) < 4.78 is 13.3. The summed E-state index contributed by atoms with van der Waals surface area (Å²) in [5.41, 5.74) is 1.07. The van der Waals surface area contributed by atoms with Crippen molar-refractivity contribution in [2.45, 2.75) is 45.8 Å². The highest BCUT2D eigenvalue weighted by molar-refractivity contribution is 5.16. The molecule has 2 nitrogen and oxygen atoms in total. The first kappa shape index (κ1) is 14.5. The Balaban J connectivity index is 2.05. The van der Waals surface area contributed by atoms with E-state index >= 15 is 0 Å². The molecule has 106 valence electrons. The van der Waals surface area contributed by atoms with Crippen LogP contribution in [0.5, 0.6) is 0 Å². The molecule has 0 amide bonds. The number of rotatable bonds is 4. The van der Waals surface area contributed by atoms with E-state index in [-0.39, 0.29) is 5.82 Å². The average Bonchev–Trinajstić information content (AvgIpc) is 2.32. The Morgan fingerprint density at radius 2 is 2.21 bits per heavy atom. The Labute approximate surface area is 116 Å². The van der Waals surface area contributed by atoms with Crippen molar-refractivity contribution >= 4 is 0 Å². The zero-order valence-electron chi connectivity index (χ0n) is 12.2. The third-order valence-electron chi connectivity index (χ3n) is 3.74. The van der Waals surface area contributed by atoms with Crippen LogP contribution in [0, 0.1) is 11.7 Å². The van der Waals surface area contributed by atoms with Crippen molar-refractivity contribution in [1.82, 2.24) is 10.2 Å². The van der Waals surface area contributed by atoms with Gasteiger partial charge in [0.2, 0.25) is 0 Å². The topological polar surface area (TPSA) is 15.3 Å². The van der Waals surface area contributed by atoms with Crippen LogP contribution >= 0.6 is 0 Å². The molecule has 1 N–H and O–H groups in total. The molecule has 1 heterocycles. The van der Waals surface area contributed by atoms with Crippen molar-refractivity contribution in [3.63, 3.8) is 0 Å². The van der Waals surface area contributed by atoms with Gasteiger partial charge in [-0.1, -0.05) is 26.0 Å². The minimum atomic E-state index is -0.138. The van der Waals surface area contributed by atoms with Crippen molar-refractivity contribution < 1.29 is 4.39 Å². The summed E-state index contributed by atoms with van der Waals surface area (Å²) in [6, 6.07) is 8.04. The third kappa shape index (κ3) is 4.29. The summed E-state index contributed by atoms with van der Waals surface area (Å²) in [5, 5.41) is 3.55. The van der Waals surface area contributed by atoms with Crippen LogP contribution in [0.25, 0.3) is 0 Å². The number of halogens is 1. The van der Waals surface area contributed by atoms with Crippen molar-refractivity contribution in [1.29, 1.82) is 0 Å². The molecule has 1 aliphatic heterocycles. The van der Waals surface area contributed by atoms with E-state index in [1.165, 1.54) is 12.5 Å². The molecule has 19 heavy (non-hydrogen) atoms. The maximum atomic E-state index is 13.3. The second-order valence-corrected chi connectivity index (χ2v) is 6.15. The van der Waals surface area contributed by atoms with E-state index in [0.717, 1.165) is 25.2 Å². The van der Waals surface area contributed by atoms with Crippen LogP contribution < -0.4 is 5.32 Å². The summed E-state index contributed by atoms with van der Waals surface area (Å²) in [6.45, 7) is 9.66. The van der Waals surface area contributed by atoms with Gasteiger partial charge < -0.3 is 5.32 Å². The lowest BCUT2D eigenvalue weighted by molar-refractivity contribution is 0.111. The van der Waals surface area contributed by atoms with Crippen LogP contribution in [-0.2, 0) is 6.54 Å². The highest BCUT2D eigenvalue weighted by Crippen LogP contribution is 2.18. The molecule has 2 rings (SSSR count). The van der Waals surface area contributed by atoms with Gasteiger partial charge in [-0.15, -0.1) is 0 Å². The average molecular weight is 264 g/mol. The molecular formula is C16H25FN2. The molecule has 0 radical (unpaired) electrons. The first-order chi connectivity index (χ1) is 9.04. The summed E-state index contributed by atoms with van der Waals surface area (Å²) in [6.07, 6.45) is 1.19. The van der Waals surface area contributed by atoms with Crippen molar-refractivity contribution in [3.05, 3.63) is 35.6 Å². The number of benzene rings is 1. The second kappa shape index (κ2) is 6.49. The van der Waals surface area contributed by atoms with Gasteiger partial charge in [-0.2, -0.15) is 0 Å². The molecule has 1 fully saturated rings. The first-order valence-corrected chi connectivity index (χ1v) is 7.26. The minimum absolute atomic E-state index is 0.138. The van der Waals surface area contributed by atoms with Crippen molar-refractivity contribution in [2.24, 2.45) is 5.92 Å². The summed E-state index contributed by atoms with van der Waals surface area (Å²) >= 11 is 0. The zero-order valence-corrected chi connectivity index (χ0v) is 12.2.